The SMILES string of the molecule is CC1CCC(C)N1C(C)C(=O)NCCNC1CC1. The minimum absolute atomic E-state index is 0.00146. The van der Waals surface area contributed by atoms with Crippen molar-refractivity contribution in [1.82, 2.24) is 15.5 Å². The van der Waals surface area contributed by atoms with Gasteiger partial charge in [0.1, 0.15) is 0 Å². The van der Waals surface area contributed by atoms with Crippen molar-refractivity contribution in [2.45, 2.75) is 70.6 Å². The van der Waals surface area contributed by atoms with E-state index >= 15 is 0 Å². The summed E-state index contributed by atoms with van der Waals surface area (Å²) in [6, 6.07) is 1.78. The summed E-state index contributed by atoms with van der Waals surface area (Å²) in [5.74, 6) is 0.174. The maximum Gasteiger partial charge on any atom is 0.237 e. The Bertz CT molecular complexity index is 281. The lowest BCUT2D eigenvalue weighted by atomic mass is 10.2. The molecule has 3 atom stereocenters. The van der Waals surface area contributed by atoms with E-state index < -0.39 is 0 Å². The molecule has 1 amide bonds. The quantitative estimate of drug-likeness (QED) is 0.697. The number of amides is 1. The van der Waals surface area contributed by atoms with Gasteiger partial charge in [-0.1, -0.05) is 0 Å². The lowest BCUT2D eigenvalue weighted by Crippen LogP contribution is -2.50. The summed E-state index contributed by atoms with van der Waals surface area (Å²) >= 11 is 0. The monoisotopic (exact) mass is 253 g/mol. The highest BCUT2D eigenvalue weighted by Crippen LogP contribution is 2.25. The van der Waals surface area contributed by atoms with Crippen LogP contribution in [0.2, 0.25) is 0 Å². The van der Waals surface area contributed by atoms with Crippen LogP contribution in [-0.2, 0) is 4.79 Å². The van der Waals surface area contributed by atoms with Crippen LogP contribution in [0, 0.1) is 0 Å². The van der Waals surface area contributed by atoms with Crippen LogP contribution in [0.5, 0.6) is 0 Å². The van der Waals surface area contributed by atoms with E-state index in [9.17, 15) is 4.79 Å². The molecular weight excluding hydrogens is 226 g/mol. The number of nitrogens with zero attached hydrogens (tertiary/aromatic N) is 1. The molecular formula is C14H27N3O. The van der Waals surface area contributed by atoms with Crippen molar-refractivity contribution in [3.63, 3.8) is 0 Å². The van der Waals surface area contributed by atoms with E-state index in [1.165, 1.54) is 25.7 Å². The van der Waals surface area contributed by atoms with Gasteiger partial charge in [-0.15, -0.1) is 0 Å². The summed E-state index contributed by atoms with van der Waals surface area (Å²) in [6.45, 7) is 8.12. The highest BCUT2D eigenvalue weighted by Gasteiger charge is 2.34. The molecule has 3 unspecified atom stereocenters. The molecule has 4 heteroatoms. The molecule has 0 aromatic carbocycles. The first-order valence-electron chi connectivity index (χ1n) is 7.38. The zero-order valence-corrected chi connectivity index (χ0v) is 11.9. The summed E-state index contributed by atoms with van der Waals surface area (Å²) in [5, 5.41) is 6.45. The zero-order valence-electron chi connectivity index (χ0n) is 11.9. The van der Waals surface area contributed by atoms with Crippen LogP contribution in [-0.4, -0.2) is 48.1 Å². The average Bonchev–Trinajstić information content (AvgIpc) is 3.10. The number of carbonyl (C=O) groups is 1. The summed E-state index contributed by atoms with van der Waals surface area (Å²) in [4.78, 5) is 14.5. The molecule has 1 aliphatic carbocycles. The van der Waals surface area contributed by atoms with Gasteiger partial charge in [-0.3, -0.25) is 9.69 Å². The third-order valence-corrected chi connectivity index (χ3v) is 4.28. The van der Waals surface area contributed by atoms with Crippen LogP contribution in [0.3, 0.4) is 0 Å². The molecule has 0 radical (unpaired) electrons. The molecule has 18 heavy (non-hydrogen) atoms. The number of rotatable bonds is 6. The predicted molar refractivity (Wildman–Crippen MR) is 73.5 cm³/mol. The molecule has 0 aromatic rings. The van der Waals surface area contributed by atoms with Gasteiger partial charge in [0.25, 0.3) is 0 Å². The lowest BCUT2D eigenvalue weighted by Gasteiger charge is -2.31. The highest BCUT2D eigenvalue weighted by molar-refractivity contribution is 5.81. The highest BCUT2D eigenvalue weighted by atomic mass is 16.2. The van der Waals surface area contributed by atoms with E-state index in [4.69, 9.17) is 0 Å². The van der Waals surface area contributed by atoms with E-state index in [2.05, 4.69) is 29.4 Å². The predicted octanol–water partition coefficient (Wildman–Crippen LogP) is 1.12. The number of hydrogen-bond donors (Lipinski definition) is 2. The second kappa shape index (κ2) is 6.02. The summed E-state index contributed by atoms with van der Waals surface area (Å²) in [5.41, 5.74) is 0. The van der Waals surface area contributed by atoms with Gasteiger partial charge < -0.3 is 10.6 Å². The van der Waals surface area contributed by atoms with Gasteiger partial charge in [0, 0.05) is 31.2 Å². The normalized spacial score (nSPS) is 30.4. The maximum absolute atomic E-state index is 12.1. The van der Waals surface area contributed by atoms with Gasteiger partial charge in [0.2, 0.25) is 5.91 Å². The minimum atomic E-state index is -0.00146. The van der Waals surface area contributed by atoms with E-state index in [-0.39, 0.29) is 11.9 Å². The lowest BCUT2D eigenvalue weighted by molar-refractivity contribution is -0.126. The average molecular weight is 253 g/mol. The molecule has 1 saturated carbocycles. The second-order valence-corrected chi connectivity index (χ2v) is 5.92. The molecule has 4 nitrogen and oxygen atoms in total. The van der Waals surface area contributed by atoms with Crippen LogP contribution in [0.4, 0.5) is 0 Å². The fourth-order valence-electron chi connectivity index (χ4n) is 3.01. The van der Waals surface area contributed by atoms with Crippen molar-refractivity contribution in [3.05, 3.63) is 0 Å². The Morgan fingerprint density at radius 3 is 2.33 bits per heavy atom. The van der Waals surface area contributed by atoms with Gasteiger partial charge in [-0.2, -0.15) is 0 Å². The molecule has 0 bridgehead atoms. The molecule has 1 heterocycles. The Balaban J connectivity index is 1.69. The van der Waals surface area contributed by atoms with Gasteiger partial charge in [0.15, 0.2) is 0 Å². The first-order chi connectivity index (χ1) is 8.59. The van der Waals surface area contributed by atoms with E-state index in [0.29, 0.717) is 12.1 Å². The number of nitrogens with one attached hydrogen (secondary N) is 2. The van der Waals surface area contributed by atoms with Gasteiger partial charge in [0.05, 0.1) is 6.04 Å². The number of hydrogen-bond acceptors (Lipinski definition) is 3. The summed E-state index contributed by atoms with van der Waals surface area (Å²) in [7, 11) is 0. The first kappa shape index (κ1) is 13.8. The molecule has 1 aliphatic heterocycles. The van der Waals surface area contributed by atoms with Crippen molar-refractivity contribution in [2.24, 2.45) is 0 Å². The Morgan fingerprint density at radius 2 is 1.78 bits per heavy atom. The van der Waals surface area contributed by atoms with Crippen LogP contribution in [0.1, 0.15) is 46.5 Å². The van der Waals surface area contributed by atoms with E-state index in [1.807, 2.05) is 6.92 Å². The Kier molecular flexibility index (Phi) is 4.62. The van der Waals surface area contributed by atoms with Gasteiger partial charge >= 0.3 is 0 Å². The molecule has 2 aliphatic rings. The minimum Gasteiger partial charge on any atom is -0.353 e. The molecule has 0 spiro atoms. The largest absolute Gasteiger partial charge is 0.353 e. The van der Waals surface area contributed by atoms with Gasteiger partial charge in [-0.05, 0) is 46.5 Å². The van der Waals surface area contributed by atoms with E-state index in [0.717, 1.165) is 19.1 Å². The molecule has 0 aromatic heterocycles. The third-order valence-electron chi connectivity index (χ3n) is 4.28. The molecule has 2 fully saturated rings. The standard InChI is InChI=1S/C14H27N3O/c1-10-4-5-11(2)17(10)12(3)14(18)16-9-8-15-13-6-7-13/h10-13,15H,4-9H2,1-3H3,(H,16,18). The molecule has 2 rings (SSSR count). The molecule has 1 saturated heterocycles. The third kappa shape index (κ3) is 3.45. The topological polar surface area (TPSA) is 44.4 Å². The first-order valence-corrected chi connectivity index (χ1v) is 7.38. The smallest absolute Gasteiger partial charge is 0.237 e. The van der Waals surface area contributed by atoms with Crippen molar-refractivity contribution < 1.29 is 4.79 Å². The fourth-order valence-corrected chi connectivity index (χ4v) is 3.01. The zero-order chi connectivity index (χ0) is 13.1. The van der Waals surface area contributed by atoms with Crippen molar-refractivity contribution >= 4 is 5.91 Å². The van der Waals surface area contributed by atoms with Crippen molar-refractivity contribution in [2.75, 3.05) is 13.1 Å². The van der Waals surface area contributed by atoms with Gasteiger partial charge in [-0.25, -0.2) is 0 Å². The summed E-state index contributed by atoms with van der Waals surface area (Å²) in [6.07, 6.45) is 5.02. The van der Waals surface area contributed by atoms with E-state index in [1.54, 1.807) is 0 Å². The Hall–Kier alpha value is -0.610. The van der Waals surface area contributed by atoms with Crippen LogP contribution in [0.15, 0.2) is 0 Å². The second-order valence-electron chi connectivity index (χ2n) is 5.92. The molecule has 2 N–H and O–H groups in total. The van der Waals surface area contributed by atoms with Crippen molar-refractivity contribution in [1.29, 1.82) is 0 Å². The van der Waals surface area contributed by atoms with Crippen LogP contribution in [0.25, 0.3) is 0 Å². The number of carbonyl (C=O) groups excluding carboxylic acids is 1. The Morgan fingerprint density at radius 1 is 1.17 bits per heavy atom. The van der Waals surface area contributed by atoms with Crippen LogP contribution >= 0.6 is 0 Å². The Labute approximate surface area is 110 Å². The van der Waals surface area contributed by atoms with Crippen molar-refractivity contribution in [3.8, 4) is 0 Å². The maximum atomic E-state index is 12.1. The molecule has 104 valence electrons. The number of likely N-dealkylation sites (tertiary alicyclic amines) is 1. The van der Waals surface area contributed by atoms with Crippen LogP contribution < -0.4 is 10.6 Å². The fraction of sp³-hybridized carbons (Fsp3) is 0.929. The summed E-state index contributed by atoms with van der Waals surface area (Å²) < 4.78 is 0.